The molecule has 0 spiro atoms. The first-order chi connectivity index (χ1) is 6.27. The fourth-order valence-corrected chi connectivity index (χ4v) is 1.26. The number of carbonyl (C=O) groups excluding carboxylic acids is 1. The maximum absolute atomic E-state index is 11.2. The van der Waals surface area contributed by atoms with Gasteiger partial charge in [-0.15, -0.1) is 0 Å². The predicted molar refractivity (Wildman–Crippen MR) is 49.6 cm³/mol. The van der Waals surface area contributed by atoms with Crippen LogP contribution in [-0.2, 0) is 4.79 Å². The first-order valence-corrected chi connectivity index (χ1v) is 4.08. The lowest BCUT2D eigenvalue weighted by Gasteiger charge is -2.08. The van der Waals surface area contributed by atoms with Crippen molar-refractivity contribution >= 4 is 17.3 Å². The topological polar surface area (TPSA) is 64.3 Å². The van der Waals surface area contributed by atoms with Gasteiger partial charge < -0.3 is 15.8 Å². The fraction of sp³-hybridized carbons (Fsp3) is 0.222. The Morgan fingerprint density at radius 3 is 3.15 bits per heavy atom. The summed E-state index contributed by atoms with van der Waals surface area (Å²) in [6.45, 7) is 0.405. The van der Waals surface area contributed by atoms with Gasteiger partial charge in [0.1, 0.15) is 11.4 Å². The van der Waals surface area contributed by atoms with E-state index in [4.69, 9.17) is 10.5 Å². The maximum Gasteiger partial charge on any atom is 0.227 e. The van der Waals surface area contributed by atoms with Crippen LogP contribution in [-0.4, -0.2) is 12.5 Å². The summed E-state index contributed by atoms with van der Waals surface area (Å²) in [4.78, 5) is 11.2. The van der Waals surface area contributed by atoms with E-state index in [1.165, 1.54) is 0 Å². The number of para-hydroxylation sites is 1. The standard InChI is InChI=1S/C9H10N2O2/c10-6-2-1-3-7-9(6)11-8(12)4-5-13-7/h1-3H,4-5,10H2,(H,11,12). The van der Waals surface area contributed by atoms with Gasteiger partial charge >= 0.3 is 0 Å². The van der Waals surface area contributed by atoms with Gasteiger partial charge in [0.2, 0.25) is 5.91 Å². The molecule has 4 nitrogen and oxygen atoms in total. The second kappa shape index (κ2) is 2.97. The van der Waals surface area contributed by atoms with E-state index in [1.54, 1.807) is 18.2 Å². The SMILES string of the molecule is Nc1cccc2c1NC(=O)CCO2. The van der Waals surface area contributed by atoms with E-state index in [1.807, 2.05) is 0 Å². The maximum atomic E-state index is 11.2. The monoisotopic (exact) mass is 178 g/mol. The molecule has 4 heteroatoms. The van der Waals surface area contributed by atoms with Gasteiger partial charge in [-0.25, -0.2) is 0 Å². The zero-order chi connectivity index (χ0) is 9.26. The molecule has 1 heterocycles. The highest BCUT2D eigenvalue weighted by Gasteiger charge is 2.14. The van der Waals surface area contributed by atoms with Gasteiger partial charge in [-0.1, -0.05) is 6.07 Å². The predicted octanol–water partition coefficient (Wildman–Crippen LogP) is 0.990. The van der Waals surface area contributed by atoms with Crippen LogP contribution in [0.2, 0.25) is 0 Å². The molecule has 68 valence electrons. The van der Waals surface area contributed by atoms with Crippen LogP contribution < -0.4 is 15.8 Å². The van der Waals surface area contributed by atoms with Crippen LogP contribution in [0.5, 0.6) is 5.75 Å². The summed E-state index contributed by atoms with van der Waals surface area (Å²) in [5.74, 6) is 0.586. The third-order valence-electron chi connectivity index (χ3n) is 1.91. The number of nitrogens with two attached hydrogens (primary N) is 1. The first kappa shape index (κ1) is 7.91. The Kier molecular flexibility index (Phi) is 1.81. The van der Waals surface area contributed by atoms with Crippen LogP contribution in [0, 0.1) is 0 Å². The number of hydrogen-bond acceptors (Lipinski definition) is 3. The molecule has 0 aliphatic carbocycles. The van der Waals surface area contributed by atoms with Crippen LogP contribution in [0.15, 0.2) is 18.2 Å². The number of hydrogen-bond donors (Lipinski definition) is 2. The number of rotatable bonds is 0. The lowest BCUT2D eigenvalue weighted by Crippen LogP contribution is -2.11. The zero-order valence-electron chi connectivity index (χ0n) is 7.04. The van der Waals surface area contributed by atoms with Crippen molar-refractivity contribution in [2.24, 2.45) is 0 Å². The Hall–Kier alpha value is -1.71. The van der Waals surface area contributed by atoms with Crippen molar-refractivity contribution in [1.82, 2.24) is 0 Å². The minimum Gasteiger partial charge on any atom is -0.491 e. The number of ether oxygens (including phenoxy) is 1. The summed E-state index contributed by atoms with van der Waals surface area (Å²) in [7, 11) is 0. The van der Waals surface area contributed by atoms with Gasteiger partial charge in [-0.05, 0) is 12.1 Å². The molecule has 0 saturated carbocycles. The smallest absolute Gasteiger partial charge is 0.227 e. The molecule has 0 unspecified atom stereocenters. The molecular formula is C9H10N2O2. The van der Waals surface area contributed by atoms with E-state index in [0.29, 0.717) is 30.2 Å². The van der Waals surface area contributed by atoms with Crippen molar-refractivity contribution in [1.29, 1.82) is 0 Å². The van der Waals surface area contributed by atoms with Crippen molar-refractivity contribution in [3.8, 4) is 5.75 Å². The Morgan fingerprint density at radius 1 is 1.46 bits per heavy atom. The van der Waals surface area contributed by atoms with Crippen LogP contribution in [0.4, 0.5) is 11.4 Å². The molecule has 2 rings (SSSR count). The molecule has 0 saturated heterocycles. The lowest BCUT2D eigenvalue weighted by atomic mass is 10.2. The second-order valence-electron chi connectivity index (χ2n) is 2.87. The number of nitrogens with one attached hydrogen (secondary N) is 1. The van der Waals surface area contributed by atoms with Crippen molar-refractivity contribution in [3.63, 3.8) is 0 Å². The van der Waals surface area contributed by atoms with Gasteiger partial charge in [0, 0.05) is 0 Å². The summed E-state index contributed by atoms with van der Waals surface area (Å²) in [5, 5.41) is 2.70. The van der Waals surface area contributed by atoms with Gasteiger partial charge in [0.25, 0.3) is 0 Å². The third kappa shape index (κ3) is 1.42. The second-order valence-corrected chi connectivity index (χ2v) is 2.87. The zero-order valence-corrected chi connectivity index (χ0v) is 7.04. The highest BCUT2D eigenvalue weighted by atomic mass is 16.5. The fourth-order valence-electron chi connectivity index (χ4n) is 1.26. The van der Waals surface area contributed by atoms with Crippen molar-refractivity contribution < 1.29 is 9.53 Å². The van der Waals surface area contributed by atoms with Crippen molar-refractivity contribution in [2.75, 3.05) is 17.7 Å². The van der Waals surface area contributed by atoms with Gasteiger partial charge in [0.15, 0.2) is 0 Å². The summed E-state index contributed by atoms with van der Waals surface area (Å²) in [6.07, 6.45) is 0.369. The number of carbonyl (C=O) groups is 1. The normalized spacial score (nSPS) is 15.2. The van der Waals surface area contributed by atoms with E-state index < -0.39 is 0 Å². The summed E-state index contributed by atoms with van der Waals surface area (Å²) < 4.78 is 5.34. The molecular weight excluding hydrogens is 168 g/mol. The molecule has 1 aromatic carbocycles. The third-order valence-corrected chi connectivity index (χ3v) is 1.91. The number of benzene rings is 1. The van der Waals surface area contributed by atoms with Crippen molar-refractivity contribution in [2.45, 2.75) is 6.42 Å². The number of amides is 1. The highest BCUT2D eigenvalue weighted by Crippen LogP contribution is 2.31. The van der Waals surface area contributed by atoms with E-state index in [0.717, 1.165) is 0 Å². The number of nitrogen functional groups attached to an aromatic ring is 1. The van der Waals surface area contributed by atoms with Gasteiger partial charge in [-0.3, -0.25) is 4.79 Å². The molecule has 1 aliphatic heterocycles. The molecule has 1 amide bonds. The number of fused-ring (bicyclic) bond motifs is 1. The van der Waals surface area contributed by atoms with E-state index in [2.05, 4.69) is 5.32 Å². The minimum absolute atomic E-state index is 0.0587. The van der Waals surface area contributed by atoms with Crippen LogP contribution >= 0.6 is 0 Å². The molecule has 0 atom stereocenters. The largest absolute Gasteiger partial charge is 0.491 e. The Labute approximate surface area is 75.7 Å². The molecule has 1 aliphatic rings. The van der Waals surface area contributed by atoms with Gasteiger partial charge in [0.05, 0.1) is 18.7 Å². The molecule has 0 fully saturated rings. The quantitative estimate of drug-likeness (QED) is 0.582. The first-order valence-electron chi connectivity index (χ1n) is 4.08. The van der Waals surface area contributed by atoms with Gasteiger partial charge in [-0.2, -0.15) is 0 Å². The molecule has 3 N–H and O–H groups in total. The molecule has 1 aromatic rings. The molecule has 0 aromatic heterocycles. The average Bonchev–Trinajstić information content (AvgIpc) is 2.28. The lowest BCUT2D eigenvalue weighted by molar-refractivity contribution is -0.116. The van der Waals surface area contributed by atoms with Crippen molar-refractivity contribution in [3.05, 3.63) is 18.2 Å². The van der Waals surface area contributed by atoms with E-state index in [9.17, 15) is 4.79 Å². The Bertz CT molecular complexity index is 349. The number of anilines is 2. The van der Waals surface area contributed by atoms with E-state index >= 15 is 0 Å². The molecule has 0 bridgehead atoms. The average molecular weight is 178 g/mol. The van der Waals surface area contributed by atoms with Crippen LogP contribution in [0.3, 0.4) is 0 Å². The van der Waals surface area contributed by atoms with E-state index in [-0.39, 0.29) is 5.91 Å². The molecule has 0 radical (unpaired) electrons. The Morgan fingerprint density at radius 2 is 2.31 bits per heavy atom. The summed E-state index contributed by atoms with van der Waals surface area (Å²) in [6, 6.07) is 5.32. The van der Waals surface area contributed by atoms with Crippen LogP contribution in [0.25, 0.3) is 0 Å². The van der Waals surface area contributed by atoms with Crippen LogP contribution in [0.1, 0.15) is 6.42 Å². The molecule has 13 heavy (non-hydrogen) atoms. The Balaban J connectivity index is 2.46. The summed E-state index contributed by atoms with van der Waals surface area (Å²) >= 11 is 0. The summed E-state index contributed by atoms with van der Waals surface area (Å²) in [5.41, 5.74) is 6.80. The minimum atomic E-state index is -0.0587. The highest BCUT2D eigenvalue weighted by molar-refractivity contribution is 5.96.